The number of imidazole rings is 1. The van der Waals surface area contributed by atoms with Gasteiger partial charge >= 0.3 is 6.18 Å². The van der Waals surface area contributed by atoms with Crippen LogP contribution in [0.2, 0.25) is 0 Å². The molecule has 0 spiro atoms. The van der Waals surface area contributed by atoms with Crippen LogP contribution in [0.3, 0.4) is 0 Å². The molecule has 3 rings (SSSR count). The van der Waals surface area contributed by atoms with E-state index < -0.39 is 11.7 Å². The van der Waals surface area contributed by atoms with Gasteiger partial charge in [0, 0.05) is 36.6 Å². The van der Waals surface area contributed by atoms with Crippen LogP contribution >= 0.6 is 0 Å². The van der Waals surface area contributed by atoms with Crippen molar-refractivity contribution >= 4 is 11.7 Å². The fourth-order valence-corrected chi connectivity index (χ4v) is 3.42. The molecule has 1 aromatic carbocycles. The Labute approximate surface area is 190 Å². The van der Waals surface area contributed by atoms with E-state index in [0.717, 1.165) is 25.0 Å². The molecule has 1 N–H and O–H groups in total. The standard InChI is InChI=1S/C23H27F3N6O/c1-4-11-31(12-5-2)19(33)14-28-20-16(3)22(32-13-10-27-15-32)30-21(29-20)17-6-8-18(9-7-17)23(24,25)26/h6-10,13,15H,4-5,11-12,14H2,1-3H3,(H,28,29,30). The zero-order valence-electron chi connectivity index (χ0n) is 18.9. The van der Waals surface area contributed by atoms with E-state index in [1.807, 2.05) is 20.8 Å². The van der Waals surface area contributed by atoms with Crippen LogP contribution in [0.5, 0.6) is 0 Å². The Morgan fingerprint density at radius 3 is 2.30 bits per heavy atom. The number of benzene rings is 1. The number of anilines is 1. The van der Waals surface area contributed by atoms with E-state index in [-0.39, 0.29) is 18.3 Å². The number of carbonyl (C=O) groups is 1. The number of aromatic nitrogens is 4. The smallest absolute Gasteiger partial charge is 0.361 e. The molecule has 0 aliphatic heterocycles. The third-order valence-corrected chi connectivity index (χ3v) is 5.09. The topological polar surface area (TPSA) is 75.9 Å². The molecule has 0 atom stereocenters. The van der Waals surface area contributed by atoms with Gasteiger partial charge in [-0.15, -0.1) is 0 Å². The zero-order chi connectivity index (χ0) is 24.0. The minimum Gasteiger partial charge on any atom is -0.361 e. The van der Waals surface area contributed by atoms with Crippen LogP contribution < -0.4 is 5.32 Å². The summed E-state index contributed by atoms with van der Waals surface area (Å²) in [5.41, 5.74) is 0.371. The lowest BCUT2D eigenvalue weighted by Gasteiger charge is -2.22. The fraction of sp³-hybridized carbons (Fsp3) is 0.391. The maximum atomic E-state index is 13.0. The van der Waals surface area contributed by atoms with Crippen molar-refractivity contribution in [3.05, 3.63) is 54.1 Å². The van der Waals surface area contributed by atoms with Gasteiger partial charge in [-0.2, -0.15) is 13.2 Å². The number of halogens is 3. The first-order valence-corrected chi connectivity index (χ1v) is 10.8. The van der Waals surface area contributed by atoms with Gasteiger partial charge < -0.3 is 10.2 Å². The summed E-state index contributed by atoms with van der Waals surface area (Å²) in [4.78, 5) is 27.6. The third-order valence-electron chi connectivity index (χ3n) is 5.09. The predicted octanol–water partition coefficient (Wildman–Crippen LogP) is 4.72. The van der Waals surface area contributed by atoms with Crippen LogP contribution in [0.4, 0.5) is 19.0 Å². The Balaban J connectivity index is 1.95. The third kappa shape index (κ3) is 5.88. The maximum absolute atomic E-state index is 13.0. The summed E-state index contributed by atoms with van der Waals surface area (Å²) < 4.78 is 40.6. The molecule has 7 nitrogen and oxygen atoms in total. The van der Waals surface area contributed by atoms with Crippen molar-refractivity contribution in [3.63, 3.8) is 0 Å². The van der Waals surface area contributed by atoms with Crippen molar-refractivity contribution in [1.29, 1.82) is 0 Å². The summed E-state index contributed by atoms with van der Waals surface area (Å²) >= 11 is 0. The van der Waals surface area contributed by atoms with Gasteiger partial charge in [-0.05, 0) is 31.9 Å². The van der Waals surface area contributed by atoms with E-state index in [1.54, 1.807) is 28.2 Å². The highest BCUT2D eigenvalue weighted by Gasteiger charge is 2.30. The Bertz CT molecular complexity index is 1060. The van der Waals surface area contributed by atoms with Gasteiger partial charge in [-0.1, -0.05) is 26.0 Å². The second-order valence-electron chi connectivity index (χ2n) is 7.62. The summed E-state index contributed by atoms with van der Waals surface area (Å²) in [6.45, 7) is 7.25. The molecule has 1 amide bonds. The molecular formula is C23H27F3N6O. The average molecular weight is 461 g/mol. The van der Waals surface area contributed by atoms with Crippen LogP contribution in [-0.4, -0.2) is 50.0 Å². The van der Waals surface area contributed by atoms with Crippen LogP contribution in [0.25, 0.3) is 17.2 Å². The number of hydrogen-bond acceptors (Lipinski definition) is 5. The first kappa shape index (κ1) is 24.2. The molecule has 176 valence electrons. The molecule has 0 unspecified atom stereocenters. The highest BCUT2D eigenvalue weighted by Crippen LogP contribution is 2.31. The largest absolute Gasteiger partial charge is 0.416 e. The van der Waals surface area contributed by atoms with Gasteiger partial charge in [0.05, 0.1) is 12.1 Å². The van der Waals surface area contributed by atoms with Crippen molar-refractivity contribution < 1.29 is 18.0 Å². The van der Waals surface area contributed by atoms with E-state index >= 15 is 0 Å². The van der Waals surface area contributed by atoms with Crippen molar-refractivity contribution in [2.75, 3.05) is 25.0 Å². The Morgan fingerprint density at radius 1 is 1.09 bits per heavy atom. The average Bonchev–Trinajstić information content (AvgIpc) is 3.32. The summed E-state index contributed by atoms with van der Waals surface area (Å²) in [7, 11) is 0. The van der Waals surface area contributed by atoms with Gasteiger partial charge in [0.25, 0.3) is 0 Å². The maximum Gasteiger partial charge on any atom is 0.416 e. The van der Waals surface area contributed by atoms with Gasteiger partial charge in [0.1, 0.15) is 18.0 Å². The number of nitrogens with zero attached hydrogens (tertiary/aromatic N) is 5. The molecular weight excluding hydrogens is 433 g/mol. The van der Waals surface area contributed by atoms with E-state index in [4.69, 9.17) is 0 Å². The minimum atomic E-state index is -4.43. The molecule has 0 aliphatic carbocycles. The Hall–Kier alpha value is -3.43. The van der Waals surface area contributed by atoms with E-state index in [2.05, 4.69) is 20.3 Å². The summed E-state index contributed by atoms with van der Waals surface area (Å²) in [6, 6.07) is 4.67. The SMILES string of the molecule is CCCN(CCC)C(=O)CNc1nc(-c2ccc(C(F)(F)F)cc2)nc(-n2ccnc2)c1C. The molecule has 0 radical (unpaired) electrons. The lowest BCUT2D eigenvalue weighted by Crippen LogP contribution is -2.37. The van der Waals surface area contributed by atoms with Crippen molar-refractivity contribution in [2.24, 2.45) is 0 Å². The van der Waals surface area contributed by atoms with Gasteiger partial charge in [-0.3, -0.25) is 9.36 Å². The van der Waals surface area contributed by atoms with Crippen LogP contribution in [0.1, 0.15) is 37.8 Å². The quantitative estimate of drug-likeness (QED) is 0.500. The highest BCUT2D eigenvalue weighted by molar-refractivity contribution is 5.81. The molecule has 0 saturated carbocycles. The minimum absolute atomic E-state index is 0.0445. The zero-order valence-corrected chi connectivity index (χ0v) is 18.9. The molecule has 33 heavy (non-hydrogen) atoms. The predicted molar refractivity (Wildman–Crippen MR) is 120 cm³/mol. The molecule has 0 saturated heterocycles. The summed E-state index contributed by atoms with van der Waals surface area (Å²) in [5.74, 6) is 1.15. The number of hydrogen-bond donors (Lipinski definition) is 1. The van der Waals surface area contributed by atoms with Crippen LogP contribution in [-0.2, 0) is 11.0 Å². The van der Waals surface area contributed by atoms with Crippen molar-refractivity contribution in [1.82, 2.24) is 24.4 Å². The number of amides is 1. The van der Waals surface area contributed by atoms with Crippen LogP contribution in [0, 0.1) is 6.92 Å². The molecule has 2 heterocycles. The second kappa shape index (κ2) is 10.5. The van der Waals surface area contributed by atoms with Gasteiger partial charge in [0.2, 0.25) is 5.91 Å². The highest BCUT2D eigenvalue weighted by atomic mass is 19.4. The first-order chi connectivity index (χ1) is 15.7. The fourth-order valence-electron chi connectivity index (χ4n) is 3.42. The summed E-state index contributed by atoms with van der Waals surface area (Å²) in [6.07, 6.45) is 2.19. The van der Waals surface area contributed by atoms with E-state index in [9.17, 15) is 18.0 Å². The molecule has 0 fully saturated rings. The van der Waals surface area contributed by atoms with E-state index in [1.165, 1.54) is 12.1 Å². The van der Waals surface area contributed by atoms with Crippen molar-refractivity contribution in [3.8, 4) is 17.2 Å². The summed E-state index contributed by atoms with van der Waals surface area (Å²) in [5, 5.41) is 3.10. The molecule has 0 bridgehead atoms. The van der Waals surface area contributed by atoms with Gasteiger partial charge in [0.15, 0.2) is 5.82 Å². The van der Waals surface area contributed by atoms with Crippen molar-refractivity contribution in [2.45, 2.75) is 39.8 Å². The lowest BCUT2D eigenvalue weighted by molar-refractivity contribution is -0.137. The molecule has 2 aromatic heterocycles. The first-order valence-electron chi connectivity index (χ1n) is 10.8. The van der Waals surface area contributed by atoms with E-state index in [0.29, 0.717) is 35.9 Å². The number of nitrogens with one attached hydrogen (secondary N) is 1. The van der Waals surface area contributed by atoms with Gasteiger partial charge in [-0.25, -0.2) is 15.0 Å². The number of alkyl halides is 3. The Morgan fingerprint density at radius 2 is 1.76 bits per heavy atom. The molecule has 3 aromatic rings. The van der Waals surface area contributed by atoms with Crippen LogP contribution in [0.15, 0.2) is 43.0 Å². The monoisotopic (exact) mass is 460 g/mol. The second-order valence-corrected chi connectivity index (χ2v) is 7.62. The normalized spacial score (nSPS) is 11.5. The number of carbonyl (C=O) groups excluding carboxylic acids is 1. The molecule has 0 aliphatic rings. The molecule has 10 heteroatoms. The number of rotatable bonds is 9. The Kier molecular flexibility index (Phi) is 7.67. The lowest BCUT2D eigenvalue weighted by atomic mass is 10.1.